The Labute approximate surface area is 138 Å². The summed E-state index contributed by atoms with van der Waals surface area (Å²) in [6.45, 7) is 0. The van der Waals surface area contributed by atoms with Gasteiger partial charge in [0.1, 0.15) is 0 Å². The van der Waals surface area contributed by atoms with Gasteiger partial charge >= 0.3 is 12.2 Å². The third kappa shape index (κ3) is 3.80. The molecule has 1 aromatic carbocycles. The molecule has 0 aliphatic carbocycles. The first kappa shape index (κ1) is 16.2. The van der Waals surface area contributed by atoms with Crippen molar-refractivity contribution in [2.24, 2.45) is 0 Å². The Morgan fingerprint density at radius 1 is 1.17 bits per heavy atom. The predicted octanol–water partition coefficient (Wildman–Crippen LogP) is 4.00. The zero-order valence-corrected chi connectivity index (χ0v) is 12.8. The first-order chi connectivity index (χ1) is 11.4. The van der Waals surface area contributed by atoms with E-state index < -0.39 is 11.7 Å². The molecule has 3 rings (SSSR count). The SMILES string of the molecule is O=C(Cc1cccs1)Nc1nnc(-c2ccc(C(F)(F)F)cc2)o1. The zero-order valence-electron chi connectivity index (χ0n) is 12.0. The van der Waals surface area contributed by atoms with Crippen molar-refractivity contribution < 1.29 is 22.4 Å². The van der Waals surface area contributed by atoms with Crippen LogP contribution in [-0.2, 0) is 17.4 Å². The lowest BCUT2D eigenvalue weighted by molar-refractivity contribution is -0.137. The smallest absolute Gasteiger partial charge is 0.403 e. The number of thiophene rings is 1. The van der Waals surface area contributed by atoms with E-state index in [0.717, 1.165) is 17.0 Å². The molecule has 0 bridgehead atoms. The molecule has 2 heterocycles. The first-order valence-corrected chi connectivity index (χ1v) is 7.63. The minimum Gasteiger partial charge on any atom is -0.403 e. The molecule has 0 atom stereocenters. The standard InChI is InChI=1S/C15H10F3N3O2S/c16-15(17,18)10-5-3-9(4-6-10)13-20-21-14(23-13)19-12(22)8-11-2-1-7-24-11/h1-7H,8H2,(H,19,21,22). The van der Waals surface area contributed by atoms with Gasteiger partial charge in [-0.3, -0.25) is 10.1 Å². The van der Waals surface area contributed by atoms with Crippen LogP contribution in [0.25, 0.3) is 11.5 Å². The number of nitrogens with zero attached hydrogens (tertiary/aromatic N) is 2. The van der Waals surface area contributed by atoms with Crippen molar-refractivity contribution in [2.75, 3.05) is 5.32 Å². The van der Waals surface area contributed by atoms with Crippen LogP contribution in [0.2, 0.25) is 0 Å². The van der Waals surface area contributed by atoms with Crippen LogP contribution in [0.5, 0.6) is 0 Å². The van der Waals surface area contributed by atoms with Crippen molar-refractivity contribution >= 4 is 23.3 Å². The second-order valence-corrected chi connectivity index (χ2v) is 5.82. The molecule has 0 fully saturated rings. The fraction of sp³-hybridized carbons (Fsp3) is 0.133. The van der Waals surface area contributed by atoms with Gasteiger partial charge in [0.05, 0.1) is 12.0 Å². The third-order valence-electron chi connectivity index (χ3n) is 3.05. The largest absolute Gasteiger partial charge is 0.416 e. The quantitative estimate of drug-likeness (QED) is 0.770. The summed E-state index contributed by atoms with van der Waals surface area (Å²) in [5.41, 5.74) is -0.440. The van der Waals surface area contributed by atoms with Crippen molar-refractivity contribution in [1.29, 1.82) is 0 Å². The number of carbonyl (C=O) groups excluding carboxylic acids is 1. The van der Waals surface area contributed by atoms with E-state index >= 15 is 0 Å². The monoisotopic (exact) mass is 353 g/mol. The van der Waals surface area contributed by atoms with Crippen LogP contribution in [0.4, 0.5) is 19.2 Å². The van der Waals surface area contributed by atoms with Crippen LogP contribution in [0.1, 0.15) is 10.4 Å². The highest BCUT2D eigenvalue weighted by Gasteiger charge is 2.30. The van der Waals surface area contributed by atoms with Gasteiger partial charge in [-0.2, -0.15) is 13.2 Å². The maximum atomic E-state index is 12.5. The van der Waals surface area contributed by atoms with Gasteiger partial charge in [-0.25, -0.2) is 0 Å². The molecule has 0 unspecified atom stereocenters. The Morgan fingerprint density at radius 3 is 2.54 bits per heavy atom. The summed E-state index contributed by atoms with van der Waals surface area (Å²) in [6.07, 6.45) is -4.23. The highest BCUT2D eigenvalue weighted by molar-refractivity contribution is 7.10. The maximum Gasteiger partial charge on any atom is 0.416 e. The zero-order chi connectivity index (χ0) is 17.2. The summed E-state index contributed by atoms with van der Waals surface area (Å²) in [7, 11) is 0. The lowest BCUT2D eigenvalue weighted by Gasteiger charge is -2.05. The molecular weight excluding hydrogens is 343 g/mol. The predicted molar refractivity (Wildman–Crippen MR) is 81.4 cm³/mol. The number of hydrogen-bond acceptors (Lipinski definition) is 5. The molecule has 0 saturated carbocycles. The Morgan fingerprint density at radius 2 is 1.92 bits per heavy atom. The fourth-order valence-corrected chi connectivity index (χ4v) is 2.63. The Bertz CT molecular complexity index is 827. The molecule has 1 N–H and O–H groups in total. The van der Waals surface area contributed by atoms with Crippen molar-refractivity contribution in [3.63, 3.8) is 0 Å². The Balaban J connectivity index is 1.68. The number of carbonyl (C=O) groups is 1. The second-order valence-electron chi connectivity index (χ2n) is 4.79. The molecule has 1 amide bonds. The van der Waals surface area contributed by atoms with Gasteiger partial charge in [0.15, 0.2) is 0 Å². The average molecular weight is 353 g/mol. The van der Waals surface area contributed by atoms with Crippen molar-refractivity contribution in [3.8, 4) is 11.5 Å². The van der Waals surface area contributed by atoms with E-state index in [9.17, 15) is 18.0 Å². The molecule has 24 heavy (non-hydrogen) atoms. The number of benzene rings is 1. The lowest BCUT2D eigenvalue weighted by atomic mass is 10.1. The number of nitrogens with one attached hydrogen (secondary N) is 1. The van der Waals surface area contributed by atoms with Gasteiger partial charge in [-0.05, 0) is 35.7 Å². The van der Waals surface area contributed by atoms with Gasteiger partial charge in [0, 0.05) is 10.4 Å². The van der Waals surface area contributed by atoms with E-state index in [2.05, 4.69) is 15.5 Å². The fourth-order valence-electron chi connectivity index (χ4n) is 1.93. The van der Waals surface area contributed by atoms with Gasteiger partial charge in [0.25, 0.3) is 0 Å². The maximum absolute atomic E-state index is 12.5. The normalized spacial score (nSPS) is 11.5. The van der Waals surface area contributed by atoms with Gasteiger partial charge in [-0.1, -0.05) is 11.2 Å². The van der Waals surface area contributed by atoms with E-state index in [1.54, 1.807) is 0 Å². The number of halogens is 3. The topological polar surface area (TPSA) is 68.0 Å². The van der Waals surface area contributed by atoms with Crippen molar-refractivity contribution in [3.05, 3.63) is 52.2 Å². The summed E-state index contributed by atoms with van der Waals surface area (Å²) in [5.74, 6) is -0.296. The Hall–Kier alpha value is -2.68. The van der Waals surface area contributed by atoms with Crippen LogP contribution in [-0.4, -0.2) is 16.1 Å². The number of aromatic nitrogens is 2. The number of hydrogen-bond donors (Lipinski definition) is 1. The molecular formula is C15H10F3N3O2S. The van der Waals surface area contributed by atoms with E-state index in [1.165, 1.54) is 23.5 Å². The average Bonchev–Trinajstić information content (AvgIpc) is 3.18. The van der Waals surface area contributed by atoms with E-state index in [0.29, 0.717) is 5.56 Å². The minimum atomic E-state index is -4.41. The van der Waals surface area contributed by atoms with Crippen LogP contribution in [0.15, 0.2) is 46.2 Å². The third-order valence-corrected chi connectivity index (χ3v) is 3.92. The van der Waals surface area contributed by atoms with E-state index in [1.807, 2.05) is 17.5 Å². The summed E-state index contributed by atoms with van der Waals surface area (Å²) in [6, 6.07) is 7.87. The summed E-state index contributed by atoms with van der Waals surface area (Å²) in [4.78, 5) is 12.7. The summed E-state index contributed by atoms with van der Waals surface area (Å²) in [5, 5.41) is 11.7. The molecule has 3 aromatic rings. The van der Waals surface area contributed by atoms with Crippen LogP contribution in [0.3, 0.4) is 0 Å². The molecule has 124 valence electrons. The van der Waals surface area contributed by atoms with Gasteiger partial charge < -0.3 is 4.42 Å². The highest BCUT2D eigenvalue weighted by Crippen LogP contribution is 2.30. The lowest BCUT2D eigenvalue weighted by Crippen LogP contribution is -2.13. The van der Waals surface area contributed by atoms with Crippen molar-refractivity contribution in [1.82, 2.24) is 10.2 Å². The van der Waals surface area contributed by atoms with Crippen LogP contribution >= 0.6 is 11.3 Å². The molecule has 0 aliphatic heterocycles. The second kappa shape index (κ2) is 6.44. The molecule has 9 heteroatoms. The van der Waals surface area contributed by atoms with E-state index in [4.69, 9.17) is 4.42 Å². The van der Waals surface area contributed by atoms with Gasteiger partial charge in [-0.15, -0.1) is 16.4 Å². The van der Waals surface area contributed by atoms with Crippen LogP contribution in [0, 0.1) is 0 Å². The first-order valence-electron chi connectivity index (χ1n) is 6.75. The van der Waals surface area contributed by atoms with Gasteiger partial charge in [0.2, 0.25) is 11.8 Å². The minimum absolute atomic E-state index is 0.0233. The Kier molecular flexibility index (Phi) is 4.34. The molecule has 5 nitrogen and oxygen atoms in total. The number of anilines is 1. The van der Waals surface area contributed by atoms with Crippen molar-refractivity contribution in [2.45, 2.75) is 12.6 Å². The van der Waals surface area contributed by atoms with E-state index in [-0.39, 0.29) is 24.2 Å². The molecule has 0 aliphatic rings. The summed E-state index contributed by atoms with van der Waals surface area (Å²) < 4.78 is 42.8. The number of alkyl halides is 3. The number of rotatable bonds is 4. The molecule has 0 saturated heterocycles. The molecule has 0 spiro atoms. The molecule has 2 aromatic heterocycles. The van der Waals surface area contributed by atoms with Crippen LogP contribution < -0.4 is 5.32 Å². The number of amides is 1. The highest BCUT2D eigenvalue weighted by atomic mass is 32.1. The molecule has 0 radical (unpaired) electrons. The summed E-state index contributed by atoms with van der Waals surface area (Å²) >= 11 is 1.45.